The Bertz CT molecular complexity index is 691. The Balaban J connectivity index is 2.38. The normalized spacial score (nSPS) is 11.6. The molecule has 20 heavy (non-hydrogen) atoms. The Morgan fingerprint density at radius 1 is 1.35 bits per heavy atom. The van der Waals surface area contributed by atoms with Crippen LogP contribution in [0.25, 0.3) is 10.9 Å². The standard InChI is InChI=1S/C13H15N3O4/c1-13(6-17,7-18)16-12(20)10-14-9-5-3-2-4-8(9)11(19)15-10/h2-5,17-18H,6-7H2,1H3,(H,16,20)(H,14,15,19). The first-order valence-corrected chi connectivity index (χ1v) is 6.02. The first-order chi connectivity index (χ1) is 9.49. The third kappa shape index (κ3) is 2.68. The monoisotopic (exact) mass is 277 g/mol. The SMILES string of the molecule is CC(CO)(CO)NC(=O)c1nc2ccccc2c(=O)[nH]1. The Labute approximate surface area is 114 Å². The highest BCUT2D eigenvalue weighted by molar-refractivity contribution is 5.93. The van der Waals surface area contributed by atoms with Crippen LogP contribution in [-0.2, 0) is 0 Å². The maximum absolute atomic E-state index is 12.0. The number of aliphatic hydroxyl groups excluding tert-OH is 2. The number of nitrogens with zero attached hydrogens (tertiary/aromatic N) is 1. The van der Waals surface area contributed by atoms with Crippen molar-refractivity contribution in [2.24, 2.45) is 0 Å². The van der Waals surface area contributed by atoms with Gasteiger partial charge in [-0.15, -0.1) is 0 Å². The molecule has 0 aliphatic rings. The van der Waals surface area contributed by atoms with Crippen molar-refractivity contribution in [2.75, 3.05) is 13.2 Å². The van der Waals surface area contributed by atoms with Crippen molar-refractivity contribution in [3.8, 4) is 0 Å². The lowest BCUT2D eigenvalue weighted by Crippen LogP contribution is -2.52. The number of H-pyrrole nitrogens is 1. The molecule has 0 unspecified atom stereocenters. The molecule has 0 fully saturated rings. The van der Waals surface area contributed by atoms with Crippen LogP contribution >= 0.6 is 0 Å². The predicted molar refractivity (Wildman–Crippen MR) is 72.4 cm³/mol. The summed E-state index contributed by atoms with van der Waals surface area (Å²) in [6.07, 6.45) is 0. The van der Waals surface area contributed by atoms with Gasteiger partial charge in [-0.3, -0.25) is 9.59 Å². The molecule has 0 aliphatic heterocycles. The van der Waals surface area contributed by atoms with Crippen LogP contribution in [0.2, 0.25) is 0 Å². The predicted octanol–water partition coefficient (Wildman–Crippen LogP) is -0.604. The molecule has 2 aromatic rings. The number of hydrogen-bond donors (Lipinski definition) is 4. The molecule has 7 heteroatoms. The third-order valence-corrected chi connectivity index (χ3v) is 2.94. The van der Waals surface area contributed by atoms with E-state index in [0.29, 0.717) is 10.9 Å². The number of para-hydroxylation sites is 1. The van der Waals surface area contributed by atoms with Crippen LogP contribution in [0, 0.1) is 0 Å². The summed E-state index contributed by atoms with van der Waals surface area (Å²) in [5.74, 6) is -0.833. The molecule has 1 heterocycles. The average molecular weight is 277 g/mol. The molecule has 106 valence electrons. The summed E-state index contributed by atoms with van der Waals surface area (Å²) in [6.45, 7) is 0.601. The minimum atomic E-state index is -1.18. The maximum atomic E-state index is 12.0. The topological polar surface area (TPSA) is 115 Å². The highest BCUT2D eigenvalue weighted by Crippen LogP contribution is 2.07. The quantitative estimate of drug-likeness (QED) is 0.595. The van der Waals surface area contributed by atoms with E-state index in [1.807, 2.05) is 0 Å². The number of fused-ring (bicyclic) bond motifs is 1. The fourth-order valence-corrected chi connectivity index (χ4v) is 1.66. The second-order valence-electron chi connectivity index (χ2n) is 4.76. The van der Waals surface area contributed by atoms with Gasteiger partial charge in [0.15, 0.2) is 5.82 Å². The zero-order valence-corrected chi connectivity index (χ0v) is 10.9. The van der Waals surface area contributed by atoms with Crippen LogP contribution in [0.15, 0.2) is 29.1 Å². The summed E-state index contributed by atoms with van der Waals surface area (Å²) in [4.78, 5) is 30.3. The number of aliphatic hydroxyl groups is 2. The van der Waals surface area contributed by atoms with Gasteiger partial charge in [0.25, 0.3) is 11.5 Å². The van der Waals surface area contributed by atoms with Gasteiger partial charge in [-0.1, -0.05) is 12.1 Å². The summed E-state index contributed by atoms with van der Waals surface area (Å²) < 4.78 is 0. The van der Waals surface area contributed by atoms with Gasteiger partial charge < -0.3 is 20.5 Å². The number of aromatic amines is 1. The lowest BCUT2D eigenvalue weighted by molar-refractivity contribution is 0.0715. The largest absolute Gasteiger partial charge is 0.394 e. The minimum Gasteiger partial charge on any atom is -0.394 e. The van der Waals surface area contributed by atoms with E-state index in [-0.39, 0.29) is 5.82 Å². The van der Waals surface area contributed by atoms with Gasteiger partial charge in [-0.25, -0.2) is 4.98 Å². The third-order valence-electron chi connectivity index (χ3n) is 2.94. The van der Waals surface area contributed by atoms with Gasteiger partial charge >= 0.3 is 0 Å². The van der Waals surface area contributed by atoms with Crippen molar-refractivity contribution in [2.45, 2.75) is 12.5 Å². The van der Waals surface area contributed by atoms with Gasteiger partial charge in [-0.2, -0.15) is 0 Å². The lowest BCUT2D eigenvalue weighted by atomic mass is 10.1. The highest BCUT2D eigenvalue weighted by Gasteiger charge is 2.26. The Morgan fingerprint density at radius 3 is 2.65 bits per heavy atom. The minimum absolute atomic E-state index is 0.165. The summed E-state index contributed by atoms with van der Waals surface area (Å²) in [5.41, 5.74) is -1.20. The number of benzene rings is 1. The zero-order chi connectivity index (χ0) is 14.8. The van der Waals surface area contributed by atoms with E-state index in [1.54, 1.807) is 24.3 Å². The van der Waals surface area contributed by atoms with Gasteiger partial charge in [0, 0.05) is 0 Å². The van der Waals surface area contributed by atoms with Gasteiger partial charge in [-0.05, 0) is 19.1 Å². The van der Waals surface area contributed by atoms with E-state index in [2.05, 4.69) is 15.3 Å². The summed E-state index contributed by atoms with van der Waals surface area (Å²) in [6, 6.07) is 6.64. The molecule has 0 saturated heterocycles. The summed E-state index contributed by atoms with van der Waals surface area (Å²) >= 11 is 0. The van der Waals surface area contributed by atoms with E-state index >= 15 is 0 Å². The molecule has 1 aromatic carbocycles. The number of carbonyl (C=O) groups excluding carboxylic acids is 1. The Hall–Kier alpha value is -2.25. The molecule has 0 bridgehead atoms. The molecule has 1 amide bonds. The number of rotatable bonds is 4. The highest BCUT2D eigenvalue weighted by atomic mass is 16.3. The van der Waals surface area contributed by atoms with Crippen LogP contribution in [0.5, 0.6) is 0 Å². The van der Waals surface area contributed by atoms with Gasteiger partial charge in [0.1, 0.15) is 0 Å². The van der Waals surface area contributed by atoms with Crippen molar-refractivity contribution in [1.82, 2.24) is 15.3 Å². The molecule has 2 rings (SSSR count). The van der Waals surface area contributed by atoms with Crippen LogP contribution < -0.4 is 10.9 Å². The first kappa shape index (κ1) is 14.2. The molecule has 1 aromatic heterocycles. The lowest BCUT2D eigenvalue weighted by Gasteiger charge is -2.25. The van der Waals surface area contributed by atoms with E-state index in [0.717, 1.165) is 0 Å². The molecule has 0 aliphatic carbocycles. The Morgan fingerprint density at radius 2 is 2.00 bits per heavy atom. The number of carbonyl (C=O) groups is 1. The van der Waals surface area contributed by atoms with Crippen molar-refractivity contribution in [1.29, 1.82) is 0 Å². The molecular weight excluding hydrogens is 262 g/mol. The number of nitrogens with one attached hydrogen (secondary N) is 2. The van der Waals surface area contributed by atoms with E-state index in [9.17, 15) is 9.59 Å². The molecule has 0 saturated carbocycles. The van der Waals surface area contributed by atoms with Crippen LogP contribution in [0.3, 0.4) is 0 Å². The molecular formula is C13H15N3O4. The molecule has 4 N–H and O–H groups in total. The molecule has 0 radical (unpaired) electrons. The van der Waals surface area contributed by atoms with Crippen molar-refractivity contribution in [3.05, 3.63) is 40.4 Å². The number of hydrogen-bond acceptors (Lipinski definition) is 5. The average Bonchev–Trinajstić information content (AvgIpc) is 2.47. The van der Waals surface area contributed by atoms with Crippen LogP contribution in [-0.4, -0.2) is 44.8 Å². The maximum Gasteiger partial charge on any atom is 0.287 e. The zero-order valence-electron chi connectivity index (χ0n) is 10.9. The van der Waals surface area contributed by atoms with Crippen molar-refractivity contribution >= 4 is 16.8 Å². The first-order valence-electron chi connectivity index (χ1n) is 6.02. The molecule has 0 atom stereocenters. The number of amides is 1. The molecule has 7 nitrogen and oxygen atoms in total. The molecule has 0 spiro atoms. The van der Waals surface area contributed by atoms with Crippen molar-refractivity contribution in [3.63, 3.8) is 0 Å². The van der Waals surface area contributed by atoms with Crippen molar-refractivity contribution < 1.29 is 15.0 Å². The number of aromatic nitrogens is 2. The second kappa shape index (κ2) is 5.40. The van der Waals surface area contributed by atoms with E-state index in [1.165, 1.54) is 6.92 Å². The summed E-state index contributed by atoms with van der Waals surface area (Å²) in [7, 11) is 0. The van der Waals surface area contributed by atoms with Gasteiger partial charge in [0.05, 0.1) is 29.7 Å². The van der Waals surface area contributed by atoms with Crippen LogP contribution in [0.1, 0.15) is 17.5 Å². The second-order valence-corrected chi connectivity index (χ2v) is 4.76. The Kier molecular flexibility index (Phi) is 3.82. The van der Waals surface area contributed by atoms with E-state index in [4.69, 9.17) is 10.2 Å². The van der Waals surface area contributed by atoms with E-state index < -0.39 is 30.2 Å². The van der Waals surface area contributed by atoms with Crippen LogP contribution in [0.4, 0.5) is 0 Å². The smallest absolute Gasteiger partial charge is 0.287 e. The summed E-state index contributed by atoms with van der Waals surface area (Å²) in [5, 5.41) is 21.1. The fraction of sp³-hybridized carbons (Fsp3) is 0.308. The fourth-order valence-electron chi connectivity index (χ4n) is 1.66. The van der Waals surface area contributed by atoms with Gasteiger partial charge in [0.2, 0.25) is 0 Å².